The number of fused-ring (bicyclic) bond motifs is 1. The van der Waals surface area contributed by atoms with Gasteiger partial charge < -0.3 is 10.1 Å². The summed E-state index contributed by atoms with van der Waals surface area (Å²) < 4.78 is 50.1. The molecule has 0 saturated carbocycles. The molecule has 0 spiro atoms. The van der Waals surface area contributed by atoms with Crippen LogP contribution in [-0.2, 0) is 6.54 Å². The summed E-state index contributed by atoms with van der Waals surface area (Å²) in [6.07, 6.45) is 1.38. The monoisotopic (exact) mass is 477 g/mol. The smallest absolute Gasteiger partial charge is 0.335 e. The summed E-state index contributed by atoms with van der Waals surface area (Å²) in [6.45, 7) is -0.370. The molecular weight excluding hydrogens is 459 g/mol. The maximum Gasteiger partial charge on any atom is 0.335 e. The normalized spacial score (nSPS) is 11.1. The molecule has 7 nitrogen and oxygen atoms in total. The molecule has 0 saturated heterocycles. The van der Waals surface area contributed by atoms with E-state index in [1.54, 1.807) is 30.3 Å². The van der Waals surface area contributed by atoms with Crippen molar-refractivity contribution in [2.45, 2.75) is 6.54 Å². The summed E-state index contributed by atoms with van der Waals surface area (Å²) in [6, 6.07) is 16.0. The van der Waals surface area contributed by atoms with Crippen molar-refractivity contribution in [2.24, 2.45) is 0 Å². The van der Waals surface area contributed by atoms with Crippen molar-refractivity contribution in [3.63, 3.8) is 0 Å². The van der Waals surface area contributed by atoms with Gasteiger partial charge in [-0.25, -0.2) is 27.5 Å². The summed E-state index contributed by atoms with van der Waals surface area (Å²) >= 11 is 0. The molecule has 0 radical (unpaired) electrons. The van der Waals surface area contributed by atoms with Crippen LogP contribution in [0.15, 0.2) is 77.7 Å². The number of benzene rings is 3. The van der Waals surface area contributed by atoms with Crippen molar-refractivity contribution >= 4 is 22.8 Å². The number of aromatic nitrogens is 4. The van der Waals surface area contributed by atoms with Crippen molar-refractivity contribution in [1.29, 1.82) is 0 Å². The summed E-state index contributed by atoms with van der Waals surface area (Å²) in [4.78, 5) is 22.2. The molecule has 0 aliphatic heterocycles. The Labute approximate surface area is 197 Å². The average Bonchev–Trinajstić information content (AvgIpc) is 3.12. The fraction of sp³-hybridized carbons (Fsp3) is 0.0800. The maximum atomic E-state index is 14.4. The first-order chi connectivity index (χ1) is 16.9. The second kappa shape index (κ2) is 8.98. The van der Waals surface area contributed by atoms with E-state index in [1.807, 2.05) is 0 Å². The molecule has 0 bridgehead atoms. The van der Waals surface area contributed by atoms with Crippen LogP contribution < -0.4 is 15.7 Å². The number of anilines is 2. The van der Waals surface area contributed by atoms with Gasteiger partial charge in [-0.15, -0.1) is 0 Å². The number of nitrogens with zero attached hydrogens (tertiary/aromatic N) is 4. The first kappa shape index (κ1) is 22.2. The second-order valence-corrected chi connectivity index (χ2v) is 7.64. The number of methoxy groups -OCH3 is 1. The summed E-state index contributed by atoms with van der Waals surface area (Å²) in [7, 11) is 1.50. The van der Waals surface area contributed by atoms with Crippen LogP contribution in [0.2, 0.25) is 0 Å². The molecule has 0 aliphatic carbocycles. The van der Waals surface area contributed by atoms with Gasteiger partial charge in [-0.2, -0.15) is 4.98 Å². The molecule has 5 rings (SSSR count). The molecule has 2 heterocycles. The second-order valence-electron chi connectivity index (χ2n) is 7.64. The van der Waals surface area contributed by atoms with Gasteiger partial charge in [0.1, 0.15) is 28.7 Å². The van der Waals surface area contributed by atoms with E-state index in [-0.39, 0.29) is 29.2 Å². The highest BCUT2D eigenvalue weighted by Gasteiger charge is 2.20. The highest BCUT2D eigenvalue weighted by atomic mass is 19.1. The standard InChI is InChI=1S/C25H18F3N5O2/c1-35-18-8-3-7-17(12-18)33-23-22(13-29-24(31-23)30-16-6-2-5-15(26)11-16)32(25(33)34)14-19-20(27)9-4-10-21(19)28/h2-13H,14H2,1H3,(H,29,30,31). The molecule has 3 aromatic carbocycles. The molecule has 0 fully saturated rings. The Balaban J connectivity index is 1.70. The van der Waals surface area contributed by atoms with Gasteiger partial charge >= 0.3 is 5.69 Å². The number of hydrogen-bond donors (Lipinski definition) is 1. The van der Waals surface area contributed by atoms with E-state index < -0.39 is 23.1 Å². The van der Waals surface area contributed by atoms with Crippen LogP contribution in [0.1, 0.15) is 5.56 Å². The molecular formula is C25H18F3N5O2. The minimum absolute atomic E-state index is 0.106. The van der Waals surface area contributed by atoms with Crippen LogP contribution in [0, 0.1) is 17.5 Å². The van der Waals surface area contributed by atoms with Crippen molar-refractivity contribution < 1.29 is 17.9 Å². The lowest BCUT2D eigenvalue weighted by molar-refractivity contribution is 0.414. The third kappa shape index (κ3) is 4.21. The number of imidazole rings is 1. The van der Waals surface area contributed by atoms with Crippen molar-refractivity contribution in [2.75, 3.05) is 12.4 Å². The zero-order valence-corrected chi connectivity index (χ0v) is 18.4. The van der Waals surface area contributed by atoms with E-state index in [9.17, 15) is 18.0 Å². The number of rotatable bonds is 6. The van der Waals surface area contributed by atoms with Gasteiger partial charge in [-0.05, 0) is 42.5 Å². The highest BCUT2D eigenvalue weighted by molar-refractivity contribution is 5.75. The Hall–Kier alpha value is -4.60. The molecule has 0 amide bonds. The third-order valence-electron chi connectivity index (χ3n) is 5.45. The minimum Gasteiger partial charge on any atom is -0.497 e. The average molecular weight is 477 g/mol. The highest BCUT2D eigenvalue weighted by Crippen LogP contribution is 2.23. The van der Waals surface area contributed by atoms with Gasteiger partial charge in [0.2, 0.25) is 5.95 Å². The number of ether oxygens (including phenoxy) is 1. The Morgan fingerprint density at radius 2 is 1.71 bits per heavy atom. The SMILES string of the molecule is COc1cccc(-n2c(=O)n(Cc3c(F)cccc3F)c3cnc(Nc4cccc(F)c4)nc32)c1. The third-order valence-corrected chi connectivity index (χ3v) is 5.45. The molecule has 5 aromatic rings. The molecule has 0 aliphatic rings. The minimum atomic E-state index is -0.774. The van der Waals surface area contributed by atoms with Crippen LogP contribution in [0.25, 0.3) is 16.9 Å². The lowest BCUT2D eigenvalue weighted by Crippen LogP contribution is -2.24. The lowest BCUT2D eigenvalue weighted by Gasteiger charge is -2.07. The van der Waals surface area contributed by atoms with Gasteiger partial charge in [0.25, 0.3) is 0 Å². The molecule has 10 heteroatoms. The molecule has 35 heavy (non-hydrogen) atoms. The molecule has 1 N–H and O–H groups in total. The predicted octanol–water partition coefficient (Wildman–Crippen LogP) is 4.80. The molecule has 0 atom stereocenters. The zero-order chi connectivity index (χ0) is 24.5. The molecule has 2 aromatic heterocycles. The van der Waals surface area contributed by atoms with Gasteiger partial charge in [0.15, 0.2) is 5.65 Å². The van der Waals surface area contributed by atoms with Crippen molar-refractivity contribution in [3.05, 3.63) is 106 Å². The first-order valence-corrected chi connectivity index (χ1v) is 10.5. The van der Waals surface area contributed by atoms with Gasteiger partial charge in [-0.3, -0.25) is 4.57 Å². The van der Waals surface area contributed by atoms with Crippen LogP contribution >= 0.6 is 0 Å². The largest absolute Gasteiger partial charge is 0.497 e. The summed E-state index contributed by atoms with van der Waals surface area (Å²) in [5.41, 5.74) is 0.448. The lowest BCUT2D eigenvalue weighted by atomic mass is 10.2. The quantitative estimate of drug-likeness (QED) is 0.380. The summed E-state index contributed by atoms with van der Waals surface area (Å²) in [5.74, 6) is -1.38. The van der Waals surface area contributed by atoms with Gasteiger partial charge in [0.05, 0.1) is 25.5 Å². The van der Waals surface area contributed by atoms with Gasteiger partial charge in [-0.1, -0.05) is 18.2 Å². The van der Waals surface area contributed by atoms with Crippen molar-refractivity contribution in [1.82, 2.24) is 19.1 Å². The predicted molar refractivity (Wildman–Crippen MR) is 125 cm³/mol. The van der Waals surface area contributed by atoms with E-state index in [1.165, 1.54) is 46.7 Å². The number of hydrogen-bond acceptors (Lipinski definition) is 5. The first-order valence-electron chi connectivity index (χ1n) is 10.5. The zero-order valence-electron chi connectivity index (χ0n) is 18.4. The van der Waals surface area contributed by atoms with Crippen molar-refractivity contribution in [3.8, 4) is 11.4 Å². The van der Waals surface area contributed by atoms with E-state index in [2.05, 4.69) is 15.3 Å². The van der Waals surface area contributed by atoms with E-state index in [0.29, 0.717) is 17.1 Å². The van der Waals surface area contributed by atoms with Crippen LogP contribution in [0.5, 0.6) is 5.75 Å². The number of halogens is 3. The summed E-state index contributed by atoms with van der Waals surface area (Å²) in [5, 5.41) is 2.90. The van der Waals surface area contributed by atoms with E-state index in [0.717, 1.165) is 12.1 Å². The topological polar surface area (TPSA) is 74.0 Å². The molecule has 176 valence electrons. The Morgan fingerprint density at radius 1 is 0.971 bits per heavy atom. The Kier molecular flexibility index (Phi) is 5.69. The molecule has 0 unspecified atom stereocenters. The van der Waals surface area contributed by atoms with Crippen LogP contribution in [0.3, 0.4) is 0 Å². The fourth-order valence-electron chi connectivity index (χ4n) is 3.77. The Bertz CT molecular complexity index is 1590. The van der Waals surface area contributed by atoms with Gasteiger partial charge in [0, 0.05) is 17.3 Å². The maximum absolute atomic E-state index is 14.4. The Morgan fingerprint density at radius 3 is 2.46 bits per heavy atom. The van der Waals surface area contributed by atoms with Crippen LogP contribution in [-0.4, -0.2) is 26.2 Å². The van der Waals surface area contributed by atoms with E-state index >= 15 is 0 Å². The van der Waals surface area contributed by atoms with Crippen LogP contribution in [0.4, 0.5) is 24.8 Å². The fourth-order valence-corrected chi connectivity index (χ4v) is 3.77. The number of nitrogens with one attached hydrogen (secondary N) is 1. The van der Waals surface area contributed by atoms with E-state index in [4.69, 9.17) is 4.74 Å².